The van der Waals surface area contributed by atoms with Crippen molar-refractivity contribution in [3.05, 3.63) is 23.8 Å². The van der Waals surface area contributed by atoms with Gasteiger partial charge in [0, 0.05) is 12.1 Å². The van der Waals surface area contributed by atoms with E-state index in [0.29, 0.717) is 12.8 Å². The van der Waals surface area contributed by atoms with Gasteiger partial charge in [-0.2, -0.15) is 13.2 Å². The van der Waals surface area contributed by atoms with E-state index in [0.717, 1.165) is 6.42 Å². The molecule has 6 heteroatoms. The van der Waals surface area contributed by atoms with Crippen LogP contribution in [-0.2, 0) is 0 Å². The van der Waals surface area contributed by atoms with E-state index >= 15 is 0 Å². The van der Waals surface area contributed by atoms with Crippen LogP contribution in [0.5, 0.6) is 11.5 Å². The summed E-state index contributed by atoms with van der Waals surface area (Å²) in [4.78, 5) is 0. The predicted molar refractivity (Wildman–Crippen MR) is 73.1 cm³/mol. The standard InChI is InChI=1S/C15H20F3NO2/c1-9(14-12(20)7-4-8-13(14)21)19-11-6-3-2-5-10(11)15(16,17)18/h4,7-11,19-21H,2-3,5-6H2,1H3. The van der Waals surface area contributed by atoms with Crippen molar-refractivity contribution in [3.63, 3.8) is 0 Å². The van der Waals surface area contributed by atoms with Crippen LogP contribution in [0.3, 0.4) is 0 Å². The summed E-state index contributed by atoms with van der Waals surface area (Å²) in [6.45, 7) is 1.65. The summed E-state index contributed by atoms with van der Waals surface area (Å²) in [5.41, 5.74) is 0.240. The molecule has 0 heterocycles. The third-order valence-corrected chi connectivity index (χ3v) is 4.14. The van der Waals surface area contributed by atoms with Gasteiger partial charge < -0.3 is 15.5 Å². The average Bonchev–Trinajstić information content (AvgIpc) is 2.37. The molecule has 0 spiro atoms. The van der Waals surface area contributed by atoms with Gasteiger partial charge in [0.15, 0.2) is 0 Å². The Morgan fingerprint density at radius 1 is 1.14 bits per heavy atom. The number of benzene rings is 1. The van der Waals surface area contributed by atoms with Crippen molar-refractivity contribution in [1.82, 2.24) is 5.32 Å². The highest BCUT2D eigenvalue weighted by Gasteiger charge is 2.45. The number of aromatic hydroxyl groups is 2. The van der Waals surface area contributed by atoms with Crippen LogP contribution in [0.25, 0.3) is 0 Å². The second-order valence-corrected chi connectivity index (χ2v) is 5.64. The molecule has 3 N–H and O–H groups in total. The third kappa shape index (κ3) is 3.61. The molecule has 2 rings (SSSR count). The zero-order valence-electron chi connectivity index (χ0n) is 11.8. The van der Waals surface area contributed by atoms with Crippen molar-refractivity contribution in [3.8, 4) is 11.5 Å². The fourth-order valence-corrected chi connectivity index (χ4v) is 3.11. The fraction of sp³-hybridized carbons (Fsp3) is 0.600. The van der Waals surface area contributed by atoms with Crippen LogP contribution in [0.4, 0.5) is 13.2 Å². The van der Waals surface area contributed by atoms with E-state index in [1.165, 1.54) is 18.2 Å². The second-order valence-electron chi connectivity index (χ2n) is 5.64. The van der Waals surface area contributed by atoms with Gasteiger partial charge in [0.25, 0.3) is 0 Å². The van der Waals surface area contributed by atoms with Crippen molar-refractivity contribution >= 4 is 0 Å². The van der Waals surface area contributed by atoms with Crippen LogP contribution in [0.2, 0.25) is 0 Å². The van der Waals surface area contributed by atoms with Crippen LogP contribution in [0.1, 0.15) is 44.2 Å². The summed E-state index contributed by atoms with van der Waals surface area (Å²) in [5, 5.41) is 22.5. The van der Waals surface area contributed by atoms with Gasteiger partial charge >= 0.3 is 6.18 Å². The van der Waals surface area contributed by atoms with Gasteiger partial charge in [-0.15, -0.1) is 0 Å². The lowest BCUT2D eigenvalue weighted by atomic mass is 9.83. The van der Waals surface area contributed by atoms with Crippen molar-refractivity contribution in [2.24, 2.45) is 5.92 Å². The number of phenols is 2. The van der Waals surface area contributed by atoms with Crippen molar-refractivity contribution < 1.29 is 23.4 Å². The molecule has 1 aliphatic rings. The smallest absolute Gasteiger partial charge is 0.393 e. The molecule has 1 aromatic carbocycles. The lowest BCUT2D eigenvalue weighted by Crippen LogP contribution is -2.46. The van der Waals surface area contributed by atoms with Gasteiger partial charge in [-0.05, 0) is 31.9 Å². The maximum Gasteiger partial charge on any atom is 0.393 e. The SMILES string of the molecule is CC(NC1CCCCC1C(F)(F)F)c1c(O)cccc1O. The molecule has 1 fully saturated rings. The maximum absolute atomic E-state index is 13.1. The van der Waals surface area contributed by atoms with Crippen molar-refractivity contribution in [2.75, 3.05) is 0 Å². The highest BCUT2D eigenvalue weighted by Crippen LogP contribution is 2.40. The Labute approximate surface area is 121 Å². The minimum atomic E-state index is -4.22. The van der Waals surface area contributed by atoms with Crippen LogP contribution in [0.15, 0.2) is 18.2 Å². The summed E-state index contributed by atoms with van der Waals surface area (Å²) in [7, 11) is 0. The van der Waals surface area contributed by atoms with E-state index in [9.17, 15) is 23.4 Å². The molecule has 3 unspecified atom stereocenters. The number of rotatable bonds is 3. The van der Waals surface area contributed by atoms with Gasteiger partial charge in [-0.25, -0.2) is 0 Å². The number of alkyl halides is 3. The van der Waals surface area contributed by atoms with E-state index < -0.39 is 24.2 Å². The lowest BCUT2D eigenvalue weighted by Gasteiger charge is -2.35. The molecular formula is C15H20F3NO2. The van der Waals surface area contributed by atoms with Crippen LogP contribution in [-0.4, -0.2) is 22.4 Å². The first kappa shape index (κ1) is 15.9. The molecule has 1 aromatic rings. The Morgan fingerprint density at radius 2 is 1.71 bits per heavy atom. The van der Waals surface area contributed by atoms with Crippen molar-refractivity contribution in [2.45, 2.75) is 50.9 Å². The third-order valence-electron chi connectivity index (χ3n) is 4.14. The zero-order chi connectivity index (χ0) is 15.6. The normalized spacial score (nSPS) is 24.8. The largest absolute Gasteiger partial charge is 0.507 e. The minimum Gasteiger partial charge on any atom is -0.507 e. The van der Waals surface area contributed by atoms with Crippen LogP contribution in [0, 0.1) is 5.92 Å². The van der Waals surface area contributed by atoms with Gasteiger partial charge in [-0.1, -0.05) is 18.9 Å². The minimum absolute atomic E-state index is 0.116. The zero-order valence-corrected chi connectivity index (χ0v) is 11.8. The molecule has 0 saturated heterocycles. The molecule has 0 aromatic heterocycles. The van der Waals surface area contributed by atoms with E-state index in [4.69, 9.17) is 0 Å². The van der Waals surface area contributed by atoms with E-state index in [2.05, 4.69) is 5.32 Å². The van der Waals surface area contributed by atoms with Crippen LogP contribution < -0.4 is 5.32 Å². The lowest BCUT2D eigenvalue weighted by molar-refractivity contribution is -0.189. The van der Waals surface area contributed by atoms with Gasteiger partial charge in [0.1, 0.15) is 11.5 Å². The molecule has 1 aliphatic carbocycles. The van der Waals surface area contributed by atoms with Gasteiger partial charge in [0.2, 0.25) is 0 Å². The molecule has 0 radical (unpaired) electrons. The monoisotopic (exact) mass is 303 g/mol. The molecule has 0 amide bonds. The molecule has 3 atom stereocenters. The van der Waals surface area contributed by atoms with E-state index in [1.807, 2.05) is 0 Å². The Hall–Kier alpha value is -1.43. The topological polar surface area (TPSA) is 52.5 Å². The van der Waals surface area contributed by atoms with Crippen molar-refractivity contribution in [1.29, 1.82) is 0 Å². The highest BCUT2D eigenvalue weighted by atomic mass is 19.4. The molecule has 3 nitrogen and oxygen atoms in total. The number of hydrogen-bond acceptors (Lipinski definition) is 3. The Balaban J connectivity index is 2.15. The fourth-order valence-electron chi connectivity index (χ4n) is 3.11. The molecule has 1 saturated carbocycles. The second kappa shape index (κ2) is 6.13. The Kier molecular flexibility index (Phi) is 4.66. The molecular weight excluding hydrogens is 283 g/mol. The first-order chi connectivity index (χ1) is 9.80. The average molecular weight is 303 g/mol. The molecule has 21 heavy (non-hydrogen) atoms. The number of hydrogen-bond donors (Lipinski definition) is 3. The Bertz CT molecular complexity index is 470. The number of halogens is 3. The summed E-state index contributed by atoms with van der Waals surface area (Å²) in [5.74, 6) is -1.61. The number of phenolic OH excluding ortho intramolecular Hbond substituents is 2. The molecule has 0 aliphatic heterocycles. The Morgan fingerprint density at radius 3 is 2.29 bits per heavy atom. The van der Waals surface area contributed by atoms with Gasteiger partial charge in [-0.3, -0.25) is 0 Å². The molecule has 0 bridgehead atoms. The predicted octanol–water partition coefficient (Wildman–Crippen LogP) is 3.87. The first-order valence-corrected chi connectivity index (χ1v) is 7.14. The number of nitrogens with one attached hydrogen (secondary N) is 1. The van der Waals surface area contributed by atoms with E-state index in [1.54, 1.807) is 6.92 Å². The summed E-state index contributed by atoms with van der Waals surface area (Å²) in [6.07, 6.45) is -2.32. The summed E-state index contributed by atoms with van der Waals surface area (Å²) in [6, 6.07) is 3.07. The molecule has 118 valence electrons. The highest BCUT2D eigenvalue weighted by molar-refractivity contribution is 5.44. The quantitative estimate of drug-likeness (QED) is 0.794. The van der Waals surface area contributed by atoms with Gasteiger partial charge in [0.05, 0.1) is 11.5 Å². The van der Waals surface area contributed by atoms with Crippen LogP contribution >= 0.6 is 0 Å². The summed E-state index contributed by atoms with van der Waals surface area (Å²) < 4.78 is 39.2. The maximum atomic E-state index is 13.1. The first-order valence-electron chi connectivity index (χ1n) is 7.14. The van der Waals surface area contributed by atoms with E-state index in [-0.39, 0.29) is 23.5 Å². The summed E-state index contributed by atoms with van der Waals surface area (Å²) >= 11 is 0.